The van der Waals surface area contributed by atoms with Gasteiger partial charge in [-0.15, -0.1) is 0 Å². The first-order valence-corrected chi connectivity index (χ1v) is 9.53. The third kappa shape index (κ3) is 1.58. The van der Waals surface area contributed by atoms with Gasteiger partial charge in [-0.25, -0.2) is 0 Å². The first-order chi connectivity index (χ1) is 14.1. The van der Waals surface area contributed by atoms with Crippen LogP contribution in [0.2, 0.25) is 0 Å². The highest BCUT2D eigenvalue weighted by molar-refractivity contribution is 6.03. The largest absolute Gasteiger partial charge is 0.508 e. The SMILES string of the molecule is O=C1CC2c3c(O)ccc4ccc5c(c34)C2(O1)c1c(ccc2ccc(O)cc12)O5. The lowest BCUT2D eigenvalue weighted by atomic mass is 9.75. The standard InChI is InChI=1S/C24H14O5/c25-13-5-1-11-3-7-17-22(14(11)9-13)24-15(10-19(27)29-24)21-16(26)6-2-12-4-8-18(28-17)23(24)20(12)21/h1-9,15,25-26H,10H2. The Morgan fingerprint density at radius 3 is 2.48 bits per heavy atom. The lowest BCUT2D eigenvalue weighted by molar-refractivity contribution is -0.146. The Morgan fingerprint density at radius 2 is 1.62 bits per heavy atom. The van der Waals surface area contributed by atoms with Gasteiger partial charge in [-0.2, -0.15) is 0 Å². The molecule has 4 aromatic rings. The maximum Gasteiger partial charge on any atom is 0.307 e. The zero-order chi connectivity index (χ0) is 19.5. The highest BCUT2D eigenvalue weighted by atomic mass is 16.6. The maximum atomic E-state index is 12.6. The molecule has 1 fully saturated rings. The minimum absolute atomic E-state index is 0.130. The minimum Gasteiger partial charge on any atom is -0.508 e. The fourth-order valence-corrected chi connectivity index (χ4v) is 5.58. The average Bonchev–Trinajstić information content (AvgIpc) is 3.17. The van der Waals surface area contributed by atoms with E-state index in [1.807, 2.05) is 36.4 Å². The van der Waals surface area contributed by atoms with Crippen LogP contribution in [0.15, 0.2) is 54.6 Å². The van der Waals surface area contributed by atoms with Crippen molar-refractivity contribution >= 4 is 27.5 Å². The van der Waals surface area contributed by atoms with Gasteiger partial charge >= 0.3 is 5.97 Å². The van der Waals surface area contributed by atoms with E-state index >= 15 is 0 Å². The fourth-order valence-electron chi connectivity index (χ4n) is 5.58. The molecule has 2 N–H and O–H groups in total. The van der Waals surface area contributed by atoms with Gasteiger partial charge in [-0.05, 0) is 46.5 Å². The van der Waals surface area contributed by atoms with Crippen molar-refractivity contribution in [1.82, 2.24) is 0 Å². The molecule has 0 bridgehead atoms. The second-order valence-corrected chi connectivity index (χ2v) is 7.95. The molecule has 0 aromatic heterocycles. The number of aromatic hydroxyl groups is 2. The lowest BCUT2D eigenvalue weighted by Crippen LogP contribution is -2.33. The van der Waals surface area contributed by atoms with Crippen molar-refractivity contribution in [3.8, 4) is 23.0 Å². The third-order valence-electron chi connectivity index (χ3n) is 6.58. The lowest BCUT2D eigenvalue weighted by Gasteiger charge is -2.37. The maximum absolute atomic E-state index is 12.6. The van der Waals surface area contributed by atoms with Crippen LogP contribution in [-0.2, 0) is 15.1 Å². The molecule has 0 amide bonds. The van der Waals surface area contributed by atoms with Gasteiger partial charge in [-0.3, -0.25) is 4.79 Å². The van der Waals surface area contributed by atoms with Crippen LogP contribution in [0.4, 0.5) is 0 Å². The summed E-state index contributed by atoms with van der Waals surface area (Å²) in [5.41, 5.74) is 1.18. The van der Waals surface area contributed by atoms with E-state index in [9.17, 15) is 15.0 Å². The van der Waals surface area contributed by atoms with Crippen molar-refractivity contribution in [2.45, 2.75) is 17.9 Å². The Hall–Kier alpha value is -3.73. The van der Waals surface area contributed by atoms with Gasteiger partial charge in [0.15, 0.2) is 5.60 Å². The van der Waals surface area contributed by atoms with Crippen LogP contribution in [0.1, 0.15) is 29.0 Å². The van der Waals surface area contributed by atoms with Gasteiger partial charge in [0, 0.05) is 16.9 Å². The molecule has 1 aliphatic carbocycles. The topological polar surface area (TPSA) is 76.0 Å². The van der Waals surface area contributed by atoms with Crippen molar-refractivity contribution in [3.63, 3.8) is 0 Å². The zero-order valence-electron chi connectivity index (χ0n) is 15.1. The zero-order valence-corrected chi connectivity index (χ0v) is 15.1. The summed E-state index contributed by atoms with van der Waals surface area (Å²) < 4.78 is 12.4. The molecule has 4 aromatic carbocycles. The molecular formula is C24H14O5. The molecule has 1 spiro atoms. The number of rotatable bonds is 0. The number of esters is 1. The van der Waals surface area contributed by atoms with Gasteiger partial charge < -0.3 is 19.7 Å². The Bertz CT molecular complexity index is 1440. The molecule has 140 valence electrons. The highest BCUT2D eigenvalue weighted by Crippen LogP contribution is 2.68. The number of phenolic OH excluding ortho intramolecular Hbond substituents is 2. The van der Waals surface area contributed by atoms with Crippen molar-refractivity contribution in [1.29, 1.82) is 0 Å². The number of fused-ring (bicyclic) bond motifs is 4. The number of ether oxygens (including phenoxy) is 2. The normalized spacial score (nSPS) is 23.0. The summed E-state index contributed by atoms with van der Waals surface area (Å²) in [7, 11) is 0. The van der Waals surface area contributed by atoms with Gasteiger partial charge in [0.2, 0.25) is 0 Å². The minimum atomic E-state index is -1.08. The van der Waals surface area contributed by atoms with E-state index in [1.165, 1.54) is 0 Å². The average molecular weight is 382 g/mol. The van der Waals surface area contributed by atoms with E-state index in [0.717, 1.165) is 38.2 Å². The van der Waals surface area contributed by atoms with Crippen LogP contribution in [0.5, 0.6) is 23.0 Å². The monoisotopic (exact) mass is 382 g/mol. The molecule has 29 heavy (non-hydrogen) atoms. The third-order valence-corrected chi connectivity index (χ3v) is 6.58. The second-order valence-electron chi connectivity index (χ2n) is 7.95. The van der Waals surface area contributed by atoms with Crippen LogP contribution in [-0.4, -0.2) is 16.2 Å². The van der Waals surface area contributed by atoms with E-state index in [2.05, 4.69) is 0 Å². The molecule has 7 rings (SSSR count). The summed E-state index contributed by atoms with van der Waals surface area (Å²) in [5.74, 6) is 0.857. The number of hydrogen-bond donors (Lipinski definition) is 2. The van der Waals surface area contributed by atoms with Gasteiger partial charge in [-0.1, -0.05) is 24.3 Å². The first-order valence-electron chi connectivity index (χ1n) is 9.53. The number of phenols is 2. The molecule has 0 saturated carbocycles. The summed E-state index contributed by atoms with van der Waals surface area (Å²) in [6.07, 6.45) is 0.176. The van der Waals surface area contributed by atoms with E-state index in [0.29, 0.717) is 11.5 Å². The highest BCUT2D eigenvalue weighted by Gasteiger charge is 2.62. The van der Waals surface area contributed by atoms with E-state index in [-0.39, 0.29) is 29.8 Å². The van der Waals surface area contributed by atoms with E-state index in [4.69, 9.17) is 9.47 Å². The van der Waals surface area contributed by atoms with Crippen LogP contribution in [0.3, 0.4) is 0 Å². The number of carbonyl (C=O) groups is 1. The molecule has 0 radical (unpaired) electrons. The summed E-state index contributed by atoms with van der Waals surface area (Å²) >= 11 is 0. The summed E-state index contributed by atoms with van der Waals surface area (Å²) in [5, 5.41) is 24.5. The Balaban J connectivity index is 1.72. The molecule has 2 aliphatic heterocycles. The smallest absolute Gasteiger partial charge is 0.307 e. The molecular weight excluding hydrogens is 368 g/mol. The quantitative estimate of drug-likeness (QED) is 0.427. The predicted molar refractivity (Wildman–Crippen MR) is 106 cm³/mol. The van der Waals surface area contributed by atoms with Crippen molar-refractivity contribution in [2.75, 3.05) is 0 Å². The van der Waals surface area contributed by atoms with Gasteiger partial charge in [0.1, 0.15) is 23.0 Å². The summed E-state index contributed by atoms with van der Waals surface area (Å²) in [4.78, 5) is 12.6. The summed E-state index contributed by atoms with van der Waals surface area (Å²) in [6.45, 7) is 0. The van der Waals surface area contributed by atoms with Crippen molar-refractivity contribution in [3.05, 3.63) is 71.3 Å². The Morgan fingerprint density at radius 1 is 0.897 bits per heavy atom. The first kappa shape index (κ1) is 15.2. The van der Waals surface area contributed by atoms with Gasteiger partial charge in [0.25, 0.3) is 0 Å². The molecule has 2 atom stereocenters. The van der Waals surface area contributed by atoms with Gasteiger partial charge in [0.05, 0.1) is 17.5 Å². The van der Waals surface area contributed by atoms with Crippen LogP contribution in [0, 0.1) is 0 Å². The molecule has 1 saturated heterocycles. The van der Waals surface area contributed by atoms with E-state index in [1.54, 1.807) is 18.2 Å². The molecule has 5 heteroatoms. The van der Waals surface area contributed by atoms with Crippen molar-refractivity contribution in [2.24, 2.45) is 0 Å². The van der Waals surface area contributed by atoms with Crippen molar-refractivity contribution < 1.29 is 24.5 Å². The van der Waals surface area contributed by atoms with Crippen LogP contribution in [0.25, 0.3) is 21.5 Å². The van der Waals surface area contributed by atoms with Crippen LogP contribution >= 0.6 is 0 Å². The second kappa shape index (κ2) is 4.63. The fraction of sp³-hybridized carbons (Fsp3) is 0.125. The number of carbonyl (C=O) groups excluding carboxylic acids is 1. The van der Waals surface area contributed by atoms with E-state index < -0.39 is 5.60 Å². The van der Waals surface area contributed by atoms with Crippen LogP contribution < -0.4 is 4.74 Å². The molecule has 5 nitrogen and oxygen atoms in total. The Kier molecular flexibility index (Phi) is 2.43. The molecule has 2 unspecified atom stereocenters. The molecule has 3 aliphatic rings. The molecule has 2 heterocycles. The number of benzene rings is 4. The Labute approximate surface area is 164 Å². The summed E-state index contributed by atoms with van der Waals surface area (Å²) in [6, 6.07) is 16.4. The number of hydrogen-bond acceptors (Lipinski definition) is 5. The predicted octanol–water partition coefficient (Wildman–Crippen LogP) is 4.80.